The van der Waals surface area contributed by atoms with Gasteiger partial charge in [0, 0.05) is 0 Å². The summed E-state index contributed by atoms with van der Waals surface area (Å²) in [7, 11) is -1.89. The van der Waals surface area contributed by atoms with Gasteiger partial charge in [0.2, 0.25) is 0 Å². The molecule has 0 radical (unpaired) electrons. The van der Waals surface area contributed by atoms with Gasteiger partial charge in [0.05, 0.1) is 23.6 Å². The molecule has 0 heterocycles. The van der Waals surface area contributed by atoms with E-state index >= 15 is 0 Å². The van der Waals surface area contributed by atoms with Gasteiger partial charge in [0.25, 0.3) is 0 Å². The molecule has 0 amide bonds. The van der Waals surface area contributed by atoms with Crippen LogP contribution in [0.3, 0.4) is 0 Å². The number of hydrogen-bond acceptors (Lipinski definition) is 3. The fourth-order valence-corrected chi connectivity index (χ4v) is 4.40. The Hall–Kier alpha value is -0.463. The third kappa shape index (κ3) is 4.79. The van der Waals surface area contributed by atoms with Gasteiger partial charge in [0.15, 0.2) is 8.32 Å². The van der Waals surface area contributed by atoms with Crippen molar-refractivity contribution in [3.05, 3.63) is 48.0 Å². The average molecular weight is 413 g/mol. The van der Waals surface area contributed by atoms with Gasteiger partial charge >= 0.3 is 0 Å². The summed E-state index contributed by atoms with van der Waals surface area (Å²) in [6.07, 6.45) is 2.88. The minimum Gasteiger partial charge on any atom is -0.409 e. The van der Waals surface area contributed by atoms with Crippen molar-refractivity contribution in [3.8, 4) is 0 Å². The standard InChI is InChI=1S/C19H29BrO3Si/c1-19(2,3)24(4,5)23-15-11-12-16(18(21)17(15)20)22-13-14-9-7-6-8-10-14/h6-12,15-18,21H,13H2,1-5H3/t15-,16+,17+,18-/m1/s1. The second-order valence-corrected chi connectivity index (χ2v) is 13.7. The Morgan fingerprint density at radius 3 is 2.25 bits per heavy atom. The van der Waals surface area contributed by atoms with Gasteiger partial charge in [0.1, 0.15) is 6.10 Å². The van der Waals surface area contributed by atoms with Crippen LogP contribution in [0.4, 0.5) is 0 Å². The van der Waals surface area contributed by atoms with E-state index in [2.05, 4.69) is 49.8 Å². The molecule has 1 aromatic carbocycles. The van der Waals surface area contributed by atoms with Crippen molar-refractivity contribution < 1.29 is 14.3 Å². The van der Waals surface area contributed by atoms with Gasteiger partial charge in [-0.25, -0.2) is 0 Å². The molecule has 0 unspecified atom stereocenters. The van der Waals surface area contributed by atoms with Crippen LogP contribution < -0.4 is 0 Å². The molecule has 1 aliphatic carbocycles. The first-order valence-electron chi connectivity index (χ1n) is 8.45. The van der Waals surface area contributed by atoms with Crippen molar-refractivity contribution >= 4 is 24.2 Å². The maximum Gasteiger partial charge on any atom is 0.192 e. The smallest absolute Gasteiger partial charge is 0.192 e. The molecule has 5 heteroatoms. The maximum absolute atomic E-state index is 10.6. The molecule has 0 fully saturated rings. The molecule has 134 valence electrons. The van der Waals surface area contributed by atoms with E-state index < -0.39 is 14.4 Å². The van der Waals surface area contributed by atoms with Crippen LogP contribution in [0.5, 0.6) is 0 Å². The molecule has 0 spiro atoms. The summed E-state index contributed by atoms with van der Waals surface area (Å²) >= 11 is 3.62. The van der Waals surface area contributed by atoms with Gasteiger partial charge in [-0.1, -0.05) is 79.2 Å². The van der Waals surface area contributed by atoms with E-state index in [-0.39, 0.29) is 22.1 Å². The lowest BCUT2D eigenvalue weighted by atomic mass is 9.99. The SMILES string of the molecule is CC(C)(C)[Si](C)(C)O[C@@H]1C=C[C@H](OCc2ccccc2)[C@@H](O)[C@H]1Br. The largest absolute Gasteiger partial charge is 0.409 e. The summed E-state index contributed by atoms with van der Waals surface area (Å²) in [6.45, 7) is 11.6. The quantitative estimate of drug-likeness (QED) is 0.434. The summed E-state index contributed by atoms with van der Waals surface area (Å²) in [4.78, 5) is -0.169. The van der Waals surface area contributed by atoms with Gasteiger partial charge in [-0.3, -0.25) is 0 Å². The molecule has 4 atom stereocenters. The predicted octanol–water partition coefficient (Wildman–Crippen LogP) is 4.66. The third-order valence-corrected chi connectivity index (χ3v) is 10.5. The van der Waals surface area contributed by atoms with Crippen molar-refractivity contribution in [2.24, 2.45) is 0 Å². The van der Waals surface area contributed by atoms with Crippen LogP contribution in [0.1, 0.15) is 26.3 Å². The zero-order chi connectivity index (χ0) is 18.0. The first kappa shape index (κ1) is 19.9. The summed E-state index contributed by atoms with van der Waals surface area (Å²) in [5, 5.41) is 10.7. The number of halogens is 1. The van der Waals surface area contributed by atoms with E-state index in [0.29, 0.717) is 6.61 Å². The molecule has 1 aromatic rings. The van der Waals surface area contributed by atoms with E-state index in [1.54, 1.807) is 0 Å². The van der Waals surface area contributed by atoms with Crippen molar-refractivity contribution in [2.75, 3.05) is 0 Å². The Morgan fingerprint density at radius 1 is 1.08 bits per heavy atom. The van der Waals surface area contributed by atoms with Crippen LogP contribution in [0, 0.1) is 0 Å². The van der Waals surface area contributed by atoms with Gasteiger partial charge in [-0.2, -0.15) is 0 Å². The first-order valence-corrected chi connectivity index (χ1v) is 12.3. The topological polar surface area (TPSA) is 38.7 Å². The van der Waals surface area contributed by atoms with Crippen molar-refractivity contribution in [2.45, 2.75) is 68.6 Å². The monoisotopic (exact) mass is 412 g/mol. The van der Waals surface area contributed by atoms with E-state index in [1.807, 2.05) is 42.5 Å². The Morgan fingerprint density at radius 2 is 1.67 bits per heavy atom. The molecule has 0 aromatic heterocycles. The first-order chi connectivity index (χ1) is 11.1. The molecule has 2 rings (SSSR count). The van der Waals surface area contributed by atoms with Gasteiger partial charge < -0.3 is 14.3 Å². The van der Waals surface area contributed by atoms with Crippen LogP contribution in [0.15, 0.2) is 42.5 Å². The molecule has 0 aliphatic heterocycles. The average Bonchev–Trinajstić information content (AvgIpc) is 2.51. The molecular formula is C19H29BrO3Si. The lowest BCUT2D eigenvalue weighted by Gasteiger charge is -2.42. The molecule has 1 N–H and O–H groups in total. The highest BCUT2D eigenvalue weighted by atomic mass is 79.9. The number of alkyl halides is 1. The number of benzene rings is 1. The summed E-state index contributed by atoms with van der Waals surface area (Å²) < 4.78 is 12.3. The van der Waals surface area contributed by atoms with E-state index in [1.165, 1.54) is 0 Å². The second-order valence-electron chi connectivity index (χ2n) is 7.92. The van der Waals surface area contributed by atoms with Crippen LogP contribution in [-0.4, -0.2) is 36.6 Å². The highest BCUT2D eigenvalue weighted by Crippen LogP contribution is 2.39. The summed E-state index contributed by atoms with van der Waals surface area (Å²) in [6, 6.07) is 10.0. The molecule has 1 aliphatic rings. The molecule has 3 nitrogen and oxygen atoms in total. The Bertz CT molecular complexity index is 553. The van der Waals surface area contributed by atoms with Crippen LogP contribution in [0.2, 0.25) is 18.1 Å². The third-order valence-electron chi connectivity index (χ3n) is 4.99. The lowest BCUT2D eigenvalue weighted by Crippen LogP contribution is -2.51. The van der Waals surface area contributed by atoms with E-state index in [4.69, 9.17) is 9.16 Å². The Balaban J connectivity index is 2.00. The number of rotatable bonds is 5. The minimum atomic E-state index is -1.89. The summed E-state index contributed by atoms with van der Waals surface area (Å²) in [5.41, 5.74) is 1.10. The van der Waals surface area contributed by atoms with E-state index in [0.717, 1.165) is 5.56 Å². The van der Waals surface area contributed by atoms with Crippen molar-refractivity contribution in [1.82, 2.24) is 0 Å². The van der Waals surface area contributed by atoms with Gasteiger partial charge in [-0.05, 0) is 23.7 Å². The Labute approximate surface area is 155 Å². The van der Waals surface area contributed by atoms with E-state index in [9.17, 15) is 5.11 Å². The van der Waals surface area contributed by atoms with Crippen molar-refractivity contribution in [3.63, 3.8) is 0 Å². The zero-order valence-corrected chi connectivity index (χ0v) is 17.8. The second kappa shape index (κ2) is 7.83. The molecule has 24 heavy (non-hydrogen) atoms. The fraction of sp³-hybridized carbons (Fsp3) is 0.579. The minimum absolute atomic E-state index is 0.127. The number of aliphatic hydroxyl groups excluding tert-OH is 1. The zero-order valence-electron chi connectivity index (χ0n) is 15.2. The highest BCUT2D eigenvalue weighted by Gasteiger charge is 2.43. The molecule has 0 saturated heterocycles. The van der Waals surface area contributed by atoms with Crippen molar-refractivity contribution in [1.29, 1.82) is 0 Å². The number of aliphatic hydroxyl groups is 1. The number of ether oxygens (including phenoxy) is 1. The number of hydrogen-bond donors (Lipinski definition) is 1. The Kier molecular flexibility index (Phi) is 6.48. The normalized spacial score (nSPS) is 28.1. The fourth-order valence-electron chi connectivity index (χ4n) is 2.36. The lowest BCUT2D eigenvalue weighted by molar-refractivity contribution is -0.0343. The van der Waals surface area contributed by atoms with Crippen LogP contribution >= 0.6 is 15.9 Å². The predicted molar refractivity (Wildman–Crippen MR) is 105 cm³/mol. The molecular weight excluding hydrogens is 384 g/mol. The highest BCUT2D eigenvalue weighted by molar-refractivity contribution is 9.09. The molecule has 0 bridgehead atoms. The summed E-state index contributed by atoms with van der Waals surface area (Å²) in [5.74, 6) is 0. The maximum atomic E-state index is 10.6. The molecule has 0 saturated carbocycles. The van der Waals surface area contributed by atoms with Gasteiger partial charge in [-0.15, -0.1) is 0 Å². The van der Waals surface area contributed by atoms with Crippen LogP contribution in [-0.2, 0) is 15.8 Å². The van der Waals surface area contributed by atoms with Crippen LogP contribution in [0.25, 0.3) is 0 Å².